The van der Waals surface area contributed by atoms with Crippen molar-refractivity contribution in [3.05, 3.63) is 85.7 Å². The molecule has 1 fully saturated rings. The average Bonchev–Trinajstić information content (AvgIpc) is 2.82. The molecule has 3 aromatic rings. The summed E-state index contributed by atoms with van der Waals surface area (Å²) in [6.45, 7) is 2.84. The summed E-state index contributed by atoms with van der Waals surface area (Å²) in [4.78, 5) is 31.7. The highest BCUT2D eigenvalue weighted by molar-refractivity contribution is 6.31. The molecule has 1 spiro atoms. The molecular weight excluding hydrogens is 471 g/mol. The number of nitriles is 1. The van der Waals surface area contributed by atoms with Gasteiger partial charge in [0.2, 0.25) is 0 Å². The summed E-state index contributed by atoms with van der Waals surface area (Å²) in [6.07, 6.45) is 7.48. The minimum Gasteiger partial charge on any atom is -0.381 e. The number of nitrogens with zero attached hydrogens (tertiary/aromatic N) is 4. The number of rotatable bonds is 4. The molecule has 3 heterocycles. The molecule has 0 amide bonds. The Morgan fingerprint density at radius 3 is 2.63 bits per heavy atom. The lowest BCUT2D eigenvalue weighted by Crippen LogP contribution is -2.43. The molecule has 0 unspecified atom stereocenters. The first-order valence-electron chi connectivity index (χ1n) is 11.3. The number of benzene rings is 1. The molecule has 0 N–H and O–H groups in total. The number of allylic oxidation sites excluding steroid dienone is 2. The van der Waals surface area contributed by atoms with E-state index in [2.05, 4.69) is 11.1 Å². The molecule has 2 aliphatic rings. The van der Waals surface area contributed by atoms with E-state index in [1.165, 1.54) is 29.0 Å². The fourth-order valence-electron chi connectivity index (χ4n) is 4.97. The number of pyridine rings is 1. The Bertz CT molecular complexity index is 1530. The van der Waals surface area contributed by atoms with Gasteiger partial charge in [0, 0.05) is 19.4 Å². The molecule has 5 rings (SSSR count). The Hall–Kier alpha value is -3.54. The molecule has 35 heavy (non-hydrogen) atoms. The van der Waals surface area contributed by atoms with Crippen LogP contribution in [0.4, 0.5) is 4.39 Å². The van der Waals surface area contributed by atoms with E-state index in [9.17, 15) is 19.2 Å². The van der Waals surface area contributed by atoms with Crippen LogP contribution in [0.1, 0.15) is 30.5 Å². The lowest BCUT2D eigenvalue weighted by atomic mass is 9.65. The van der Waals surface area contributed by atoms with Crippen molar-refractivity contribution in [2.24, 2.45) is 5.41 Å². The van der Waals surface area contributed by atoms with Crippen LogP contribution in [0.15, 0.2) is 52.3 Å². The van der Waals surface area contributed by atoms with Crippen LogP contribution < -0.4 is 11.2 Å². The zero-order chi connectivity index (χ0) is 24.7. The van der Waals surface area contributed by atoms with E-state index < -0.39 is 17.1 Å². The number of hydrogen-bond donors (Lipinski definition) is 0. The molecule has 2 aromatic heterocycles. The van der Waals surface area contributed by atoms with Gasteiger partial charge in [0.15, 0.2) is 0 Å². The molecule has 0 radical (unpaired) electrons. The predicted molar refractivity (Wildman–Crippen MR) is 130 cm³/mol. The van der Waals surface area contributed by atoms with Crippen molar-refractivity contribution in [1.82, 2.24) is 14.1 Å². The summed E-state index contributed by atoms with van der Waals surface area (Å²) < 4.78 is 21.8. The molecule has 0 atom stereocenters. The lowest BCUT2D eigenvalue weighted by Gasteiger charge is -2.43. The molecule has 0 saturated carbocycles. The van der Waals surface area contributed by atoms with Crippen molar-refractivity contribution in [3.8, 4) is 22.9 Å². The highest BCUT2D eigenvalue weighted by Gasteiger charge is 2.41. The average molecular weight is 493 g/mol. The smallest absolute Gasteiger partial charge is 0.337 e. The first-order chi connectivity index (χ1) is 16.8. The highest BCUT2D eigenvalue weighted by Crippen LogP contribution is 2.51. The Labute approximate surface area is 205 Å². The van der Waals surface area contributed by atoms with Crippen molar-refractivity contribution in [2.45, 2.75) is 32.7 Å². The van der Waals surface area contributed by atoms with Crippen LogP contribution in [-0.2, 0) is 11.3 Å². The topological polar surface area (TPSA) is 89.9 Å². The summed E-state index contributed by atoms with van der Waals surface area (Å²) in [5.41, 5.74) is 1.53. The van der Waals surface area contributed by atoms with E-state index in [4.69, 9.17) is 16.3 Å². The Kier molecular flexibility index (Phi) is 5.91. The van der Waals surface area contributed by atoms with Gasteiger partial charge in [-0.25, -0.2) is 13.8 Å². The van der Waals surface area contributed by atoms with Crippen LogP contribution in [0.2, 0.25) is 5.02 Å². The van der Waals surface area contributed by atoms with E-state index in [1.54, 1.807) is 19.2 Å². The van der Waals surface area contributed by atoms with Crippen LogP contribution >= 0.6 is 11.6 Å². The van der Waals surface area contributed by atoms with Gasteiger partial charge in [-0.2, -0.15) is 5.26 Å². The summed E-state index contributed by atoms with van der Waals surface area (Å²) in [5.74, 6) is -0.616. The molecule has 7 nitrogen and oxygen atoms in total. The fraction of sp³-hybridized carbons (Fsp3) is 0.308. The van der Waals surface area contributed by atoms with E-state index in [1.807, 2.05) is 6.07 Å². The molecular formula is C26H22ClFN4O3. The van der Waals surface area contributed by atoms with Crippen molar-refractivity contribution >= 4 is 17.2 Å². The molecule has 0 bridgehead atoms. The van der Waals surface area contributed by atoms with Gasteiger partial charge in [0.25, 0.3) is 5.56 Å². The summed E-state index contributed by atoms with van der Waals surface area (Å²) >= 11 is 6.08. The van der Waals surface area contributed by atoms with Crippen LogP contribution in [0, 0.1) is 29.5 Å². The van der Waals surface area contributed by atoms with Gasteiger partial charge in [-0.05, 0) is 66.5 Å². The number of ether oxygens (including phenoxy) is 1. The van der Waals surface area contributed by atoms with Gasteiger partial charge in [0.05, 0.1) is 34.2 Å². The van der Waals surface area contributed by atoms with Crippen LogP contribution in [-0.4, -0.2) is 27.3 Å². The van der Waals surface area contributed by atoms with Gasteiger partial charge in [-0.3, -0.25) is 14.3 Å². The monoisotopic (exact) mass is 492 g/mol. The second kappa shape index (κ2) is 8.91. The van der Waals surface area contributed by atoms with Gasteiger partial charge >= 0.3 is 5.69 Å². The van der Waals surface area contributed by atoms with Gasteiger partial charge < -0.3 is 4.74 Å². The minimum absolute atomic E-state index is 0.0475. The number of aryl methyl sites for hydroxylation is 1. The maximum atomic E-state index is 14.0. The van der Waals surface area contributed by atoms with E-state index in [0.29, 0.717) is 30.9 Å². The lowest BCUT2D eigenvalue weighted by molar-refractivity contribution is 0.0337. The molecule has 1 saturated heterocycles. The molecule has 1 aliphatic carbocycles. The standard InChI is InChI=1S/C26H22ClFN4O3/c1-16-10-19(15-30-14-16)32-24(33)22(17-2-3-21(28)20(27)11-17)23(31(7-6-29)25(32)34)18-12-26(13-18)4-8-35-9-5-26/h2-3,10-12,14-15H,4-5,7-9,13H2,1H3. The minimum atomic E-state index is -0.635. The first kappa shape index (κ1) is 23.2. The Morgan fingerprint density at radius 2 is 1.97 bits per heavy atom. The van der Waals surface area contributed by atoms with Crippen molar-refractivity contribution < 1.29 is 9.13 Å². The van der Waals surface area contributed by atoms with Gasteiger partial charge in [-0.15, -0.1) is 0 Å². The normalized spacial score (nSPS) is 16.5. The molecule has 178 valence electrons. The molecule has 9 heteroatoms. The summed E-state index contributed by atoms with van der Waals surface area (Å²) in [6, 6.07) is 7.75. The first-order valence-corrected chi connectivity index (χ1v) is 11.7. The molecule has 1 aromatic carbocycles. The third kappa shape index (κ3) is 4.01. The maximum Gasteiger partial charge on any atom is 0.337 e. The van der Waals surface area contributed by atoms with Crippen molar-refractivity contribution in [2.75, 3.05) is 13.2 Å². The fourth-order valence-corrected chi connectivity index (χ4v) is 5.15. The molecule has 1 aliphatic heterocycles. The van der Waals surface area contributed by atoms with E-state index in [0.717, 1.165) is 28.5 Å². The zero-order valence-electron chi connectivity index (χ0n) is 19.1. The number of aromatic nitrogens is 3. The highest BCUT2D eigenvalue weighted by atomic mass is 35.5. The number of hydrogen-bond acceptors (Lipinski definition) is 5. The second-order valence-electron chi connectivity index (χ2n) is 9.06. The quantitative estimate of drug-likeness (QED) is 0.542. The Morgan fingerprint density at radius 1 is 1.23 bits per heavy atom. The second-order valence-corrected chi connectivity index (χ2v) is 9.47. The Balaban J connectivity index is 1.84. The van der Waals surface area contributed by atoms with Crippen LogP contribution in [0.25, 0.3) is 22.4 Å². The van der Waals surface area contributed by atoms with Crippen LogP contribution in [0.5, 0.6) is 0 Å². The summed E-state index contributed by atoms with van der Waals surface area (Å²) in [7, 11) is 0. The van der Waals surface area contributed by atoms with Gasteiger partial charge in [-0.1, -0.05) is 23.7 Å². The van der Waals surface area contributed by atoms with Crippen LogP contribution in [0.3, 0.4) is 0 Å². The summed E-state index contributed by atoms with van der Waals surface area (Å²) in [5, 5.41) is 9.44. The van der Waals surface area contributed by atoms with E-state index in [-0.39, 0.29) is 28.2 Å². The zero-order valence-corrected chi connectivity index (χ0v) is 19.8. The maximum absolute atomic E-state index is 14.0. The number of halogens is 2. The third-order valence-electron chi connectivity index (χ3n) is 6.72. The van der Waals surface area contributed by atoms with E-state index >= 15 is 0 Å². The van der Waals surface area contributed by atoms with Crippen molar-refractivity contribution in [1.29, 1.82) is 5.26 Å². The SMILES string of the molecule is Cc1cncc(-n2c(=O)c(-c3ccc(F)c(Cl)c3)c(C3=CC4(CCOCC4)C3)n(CC#N)c2=O)c1. The largest absolute Gasteiger partial charge is 0.381 e. The van der Waals surface area contributed by atoms with Gasteiger partial charge in [0.1, 0.15) is 12.4 Å². The van der Waals surface area contributed by atoms with Crippen molar-refractivity contribution in [3.63, 3.8) is 0 Å². The predicted octanol–water partition coefficient (Wildman–Crippen LogP) is 4.27. The third-order valence-corrected chi connectivity index (χ3v) is 7.01.